The van der Waals surface area contributed by atoms with Gasteiger partial charge in [0.2, 0.25) is 0 Å². The Morgan fingerprint density at radius 3 is 2.73 bits per heavy atom. The zero-order valence-corrected chi connectivity index (χ0v) is 14.0. The average molecular weight is 366 g/mol. The van der Waals surface area contributed by atoms with Crippen molar-refractivity contribution < 1.29 is 13.9 Å². The Balaban J connectivity index is 2.08. The number of anilines is 1. The predicted molar refractivity (Wildman–Crippen MR) is 88.6 cm³/mol. The van der Waals surface area contributed by atoms with Crippen LogP contribution in [0.1, 0.15) is 18.9 Å². The molecule has 22 heavy (non-hydrogen) atoms. The first-order chi connectivity index (χ1) is 10.5. The lowest BCUT2D eigenvalue weighted by molar-refractivity contribution is -0.122. The smallest absolute Gasteiger partial charge is 0.265 e. The second-order valence-electron chi connectivity index (χ2n) is 4.94. The molecule has 0 aliphatic rings. The molecule has 1 N–H and O–H groups in total. The first-order valence-electron chi connectivity index (χ1n) is 6.99. The van der Waals surface area contributed by atoms with Gasteiger partial charge >= 0.3 is 0 Å². The van der Waals surface area contributed by atoms with Gasteiger partial charge in [0, 0.05) is 4.47 Å². The number of carbonyl (C=O) groups excluding carboxylic acids is 1. The Labute approximate surface area is 137 Å². The molecule has 1 amide bonds. The number of hydrogen-bond acceptors (Lipinski definition) is 2. The molecule has 2 rings (SSSR count). The number of hydrogen-bond donors (Lipinski definition) is 1. The number of nitrogens with one attached hydrogen (secondary N) is 1. The third kappa shape index (κ3) is 4.31. The summed E-state index contributed by atoms with van der Waals surface area (Å²) in [5.41, 5.74) is 1.19. The van der Waals surface area contributed by atoms with Crippen LogP contribution in [0.5, 0.6) is 5.75 Å². The topological polar surface area (TPSA) is 38.3 Å². The molecule has 0 aliphatic heterocycles. The van der Waals surface area contributed by atoms with E-state index < -0.39 is 11.9 Å². The van der Waals surface area contributed by atoms with Gasteiger partial charge in [-0.15, -0.1) is 0 Å². The van der Waals surface area contributed by atoms with Crippen molar-refractivity contribution in [3.8, 4) is 5.75 Å². The normalized spacial score (nSPS) is 11.8. The lowest BCUT2D eigenvalue weighted by Gasteiger charge is -2.18. The molecular weight excluding hydrogens is 349 g/mol. The molecular formula is C17H17BrFNO2. The molecule has 5 heteroatoms. The van der Waals surface area contributed by atoms with E-state index in [1.54, 1.807) is 12.1 Å². The summed E-state index contributed by atoms with van der Waals surface area (Å²) in [6.07, 6.45) is -0.192. The van der Waals surface area contributed by atoms with E-state index in [2.05, 4.69) is 21.2 Å². The summed E-state index contributed by atoms with van der Waals surface area (Å²) < 4.78 is 20.1. The molecule has 0 heterocycles. The number of carbonyl (C=O) groups is 1. The minimum absolute atomic E-state index is 0.138. The molecule has 1 atom stereocenters. The van der Waals surface area contributed by atoms with Crippen LogP contribution in [0.25, 0.3) is 0 Å². The van der Waals surface area contributed by atoms with Crippen molar-refractivity contribution in [1.82, 2.24) is 0 Å². The zero-order valence-electron chi connectivity index (χ0n) is 12.4. The molecule has 0 bridgehead atoms. The second-order valence-corrected chi connectivity index (χ2v) is 5.86. The zero-order chi connectivity index (χ0) is 16.1. The van der Waals surface area contributed by atoms with Gasteiger partial charge in [-0.25, -0.2) is 4.39 Å². The Bertz CT molecular complexity index is 675. The monoisotopic (exact) mass is 365 g/mol. The summed E-state index contributed by atoms with van der Waals surface area (Å²) >= 11 is 3.18. The van der Waals surface area contributed by atoms with Crippen LogP contribution < -0.4 is 10.1 Å². The molecule has 0 saturated heterocycles. The highest BCUT2D eigenvalue weighted by Gasteiger charge is 2.19. The Kier molecular flexibility index (Phi) is 5.55. The van der Waals surface area contributed by atoms with E-state index in [4.69, 9.17) is 4.74 Å². The van der Waals surface area contributed by atoms with Gasteiger partial charge in [-0.3, -0.25) is 4.79 Å². The van der Waals surface area contributed by atoms with Crippen molar-refractivity contribution in [3.05, 3.63) is 58.3 Å². The lowest BCUT2D eigenvalue weighted by Crippen LogP contribution is -2.32. The number of ether oxygens (including phenoxy) is 1. The largest absolute Gasteiger partial charge is 0.481 e. The Hall–Kier alpha value is -1.88. The van der Waals surface area contributed by atoms with E-state index in [0.717, 1.165) is 5.56 Å². The van der Waals surface area contributed by atoms with Crippen molar-refractivity contribution in [2.45, 2.75) is 26.4 Å². The average Bonchev–Trinajstić information content (AvgIpc) is 2.47. The fraction of sp³-hybridized carbons (Fsp3) is 0.235. The van der Waals surface area contributed by atoms with Gasteiger partial charge in [0.05, 0.1) is 5.69 Å². The van der Waals surface area contributed by atoms with E-state index in [9.17, 15) is 9.18 Å². The van der Waals surface area contributed by atoms with Crippen LogP contribution in [0.4, 0.5) is 10.1 Å². The SMILES string of the molecule is CC[C@@H](Oc1cccc(C)c1)C(=O)Nc1ccc(Br)cc1F. The van der Waals surface area contributed by atoms with Crippen LogP contribution in [0.2, 0.25) is 0 Å². The summed E-state index contributed by atoms with van der Waals surface area (Å²) in [6, 6.07) is 11.9. The number of rotatable bonds is 5. The van der Waals surface area contributed by atoms with E-state index in [1.807, 2.05) is 32.0 Å². The molecule has 3 nitrogen and oxygen atoms in total. The third-order valence-corrected chi connectivity index (χ3v) is 3.61. The van der Waals surface area contributed by atoms with Crippen molar-refractivity contribution in [1.29, 1.82) is 0 Å². The molecule has 0 fully saturated rings. The minimum Gasteiger partial charge on any atom is -0.481 e. The molecule has 0 spiro atoms. The highest BCUT2D eigenvalue weighted by molar-refractivity contribution is 9.10. The third-order valence-electron chi connectivity index (χ3n) is 3.12. The van der Waals surface area contributed by atoms with E-state index in [0.29, 0.717) is 16.6 Å². The fourth-order valence-electron chi connectivity index (χ4n) is 1.98. The first-order valence-corrected chi connectivity index (χ1v) is 7.78. The predicted octanol–water partition coefficient (Wildman–Crippen LogP) is 4.69. The quantitative estimate of drug-likeness (QED) is 0.834. The molecule has 116 valence electrons. The Morgan fingerprint density at radius 2 is 2.09 bits per heavy atom. The maximum atomic E-state index is 13.8. The number of benzene rings is 2. The van der Waals surface area contributed by atoms with Gasteiger partial charge in [0.25, 0.3) is 5.91 Å². The van der Waals surface area contributed by atoms with Gasteiger partial charge in [-0.2, -0.15) is 0 Å². The van der Waals surface area contributed by atoms with Crippen LogP contribution in [0.15, 0.2) is 46.9 Å². The lowest BCUT2D eigenvalue weighted by atomic mass is 10.2. The maximum absolute atomic E-state index is 13.8. The molecule has 0 radical (unpaired) electrons. The van der Waals surface area contributed by atoms with Gasteiger partial charge in [0.15, 0.2) is 6.10 Å². The Morgan fingerprint density at radius 1 is 1.32 bits per heavy atom. The van der Waals surface area contributed by atoms with Crippen LogP contribution in [0, 0.1) is 12.7 Å². The maximum Gasteiger partial charge on any atom is 0.265 e. The standard InChI is InChI=1S/C17H17BrFNO2/c1-3-16(22-13-6-4-5-11(2)9-13)17(21)20-15-8-7-12(18)10-14(15)19/h4-10,16H,3H2,1-2H3,(H,20,21)/t16-/m1/s1. The van der Waals surface area contributed by atoms with E-state index >= 15 is 0 Å². The molecule has 0 aliphatic carbocycles. The molecule has 0 saturated carbocycles. The van der Waals surface area contributed by atoms with Crippen molar-refractivity contribution in [2.75, 3.05) is 5.32 Å². The van der Waals surface area contributed by atoms with Crippen molar-refractivity contribution in [2.24, 2.45) is 0 Å². The van der Waals surface area contributed by atoms with Crippen LogP contribution in [-0.4, -0.2) is 12.0 Å². The van der Waals surface area contributed by atoms with E-state index in [1.165, 1.54) is 12.1 Å². The van der Waals surface area contributed by atoms with Gasteiger partial charge < -0.3 is 10.1 Å². The van der Waals surface area contributed by atoms with Gasteiger partial charge in [-0.05, 0) is 49.2 Å². The van der Waals surface area contributed by atoms with Crippen LogP contribution >= 0.6 is 15.9 Å². The van der Waals surface area contributed by atoms with Gasteiger partial charge in [0.1, 0.15) is 11.6 Å². The molecule has 0 aromatic heterocycles. The highest BCUT2D eigenvalue weighted by Crippen LogP contribution is 2.21. The summed E-state index contributed by atoms with van der Waals surface area (Å²) in [4.78, 5) is 12.3. The highest BCUT2D eigenvalue weighted by atomic mass is 79.9. The summed E-state index contributed by atoms with van der Waals surface area (Å²) in [6.45, 7) is 3.79. The van der Waals surface area contributed by atoms with Gasteiger partial charge in [-0.1, -0.05) is 35.0 Å². The molecule has 2 aromatic rings. The number of halogens is 2. The van der Waals surface area contributed by atoms with Crippen LogP contribution in [0.3, 0.4) is 0 Å². The summed E-state index contributed by atoms with van der Waals surface area (Å²) in [7, 11) is 0. The molecule has 2 aromatic carbocycles. The van der Waals surface area contributed by atoms with Crippen molar-refractivity contribution in [3.63, 3.8) is 0 Å². The molecule has 0 unspecified atom stereocenters. The number of amides is 1. The summed E-state index contributed by atoms with van der Waals surface area (Å²) in [5, 5.41) is 2.56. The first kappa shape index (κ1) is 16.5. The van der Waals surface area contributed by atoms with Crippen molar-refractivity contribution >= 4 is 27.5 Å². The fourth-order valence-corrected chi connectivity index (χ4v) is 2.31. The number of aryl methyl sites for hydroxylation is 1. The summed E-state index contributed by atoms with van der Waals surface area (Å²) in [5.74, 6) is -0.239. The van der Waals surface area contributed by atoms with E-state index in [-0.39, 0.29) is 11.6 Å². The second kappa shape index (κ2) is 7.40. The van der Waals surface area contributed by atoms with Crippen LogP contribution in [-0.2, 0) is 4.79 Å². The minimum atomic E-state index is -0.676.